The van der Waals surface area contributed by atoms with E-state index in [0.717, 1.165) is 23.1 Å². The molecule has 0 bridgehead atoms. The van der Waals surface area contributed by atoms with Crippen LogP contribution in [0.5, 0.6) is 0 Å². The minimum atomic E-state index is -0.817. The van der Waals surface area contributed by atoms with Gasteiger partial charge >= 0.3 is 0 Å². The summed E-state index contributed by atoms with van der Waals surface area (Å²) in [7, 11) is 1.66. The van der Waals surface area contributed by atoms with E-state index in [1.807, 2.05) is 19.9 Å². The van der Waals surface area contributed by atoms with Gasteiger partial charge in [0, 0.05) is 31.0 Å². The van der Waals surface area contributed by atoms with Crippen molar-refractivity contribution < 1.29 is 18.5 Å². The average molecular weight is 426 g/mol. The highest BCUT2D eigenvalue weighted by Crippen LogP contribution is 2.20. The predicted octanol–water partition coefficient (Wildman–Crippen LogP) is 2.09. The summed E-state index contributed by atoms with van der Waals surface area (Å²) in [5.74, 6) is -0.683. The molecule has 0 saturated heterocycles. The number of fused-ring (bicyclic) bond motifs is 1. The van der Waals surface area contributed by atoms with Crippen LogP contribution in [0.2, 0.25) is 0 Å². The second-order valence-electron chi connectivity index (χ2n) is 7.00. The minimum absolute atomic E-state index is 0.132. The molecule has 0 unspecified atom stereocenters. The molecule has 3 rings (SSSR count). The number of nitrogens with zero attached hydrogens (tertiary/aromatic N) is 2. The molecule has 0 spiro atoms. The fourth-order valence-corrected chi connectivity index (χ4v) is 3.04. The number of halogens is 1. The lowest BCUT2D eigenvalue weighted by Gasteiger charge is -2.16. The van der Waals surface area contributed by atoms with Gasteiger partial charge in [0.2, 0.25) is 0 Å². The Kier molecular flexibility index (Phi) is 6.61. The number of nitrogens with one attached hydrogen (secondary N) is 3. The molecule has 2 aromatic heterocycles. The molecule has 1 aromatic carbocycles. The van der Waals surface area contributed by atoms with E-state index in [1.165, 1.54) is 18.2 Å². The van der Waals surface area contributed by atoms with Gasteiger partial charge in [-0.2, -0.15) is 0 Å². The van der Waals surface area contributed by atoms with E-state index in [9.17, 15) is 14.0 Å². The molecule has 0 radical (unpaired) electrons. The first-order chi connectivity index (χ1) is 14.8. The number of hydrogen-bond donors (Lipinski definition) is 4. The molecule has 3 aromatic rings. The van der Waals surface area contributed by atoms with Crippen LogP contribution in [0, 0.1) is 12.7 Å². The quantitative estimate of drug-likeness (QED) is 0.405. The lowest BCUT2D eigenvalue weighted by atomic mass is 10.1. The van der Waals surface area contributed by atoms with Crippen molar-refractivity contribution in [2.24, 2.45) is 5.73 Å². The van der Waals surface area contributed by atoms with Crippen molar-refractivity contribution in [2.75, 3.05) is 7.05 Å². The van der Waals surface area contributed by atoms with Gasteiger partial charge in [-0.1, -0.05) is 5.16 Å². The summed E-state index contributed by atoms with van der Waals surface area (Å²) >= 11 is 0. The molecule has 0 fully saturated rings. The van der Waals surface area contributed by atoms with Crippen LogP contribution < -0.4 is 21.9 Å². The van der Waals surface area contributed by atoms with E-state index in [-0.39, 0.29) is 16.8 Å². The van der Waals surface area contributed by atoms with Crippen molar-refractivity contribution in [1.29, 1.82) is 0 Å². The van der Waals surface area contributed by atoms with Gasteiger partial charge in [0.15, 0.2) is 0 Å². The second kappa shape index (κ2) is 9.35. The maximum absolute atomic E-state index is 13.7. The fourth-order valence-electron chi connectivity index (χ4n) is 3.04. The topological polar surface area (TPSA) is 135 Å². The zero-order chi connectivity index (χ0) is 22.5. The number of hydrazine groups is 1. The van der Waals surface area contributed by atoms with Crippen molar-refractivity contribution in [3.63, 3.8) is 0 Å². The summed E-state index contributed by atoms with van der Waals surface area (Å²) in [6, 6.07) is 6.95. The van der Waals surface area contributed by atoms with Gasteiger partial charge < -0.3 is 21.0 Å². The molecule has 9 nitrogen and oxygen atoms in total. The Bertz CT molecular complexity index is 1170. The molecule has 2 amide bonds. The van der Waals surface area contributed by atoms with Crippen LogP contribution in [0.4, 0.5) is 4.39 Å². The molecule has 0 saturated carbocycles. The Hall–Kier alpha value is -3.79. The van der Waals surface area contributed by atoms with Gasteiger partial charge in [-0.25, -0.2) is 14.8 Å². The van der Waals surface area contributed by atoms with Gasteiger partial charge in [-0.05, 0) is 44.0 Å². The zero-order valence-electron chi connectivity index (χ0n) is 17.4. The van der Waals surface area contributed by atoms with Crippen LogP contribution in [0.15, 0.2) is 46.2 Å². The molecule has 10 heteroatoms. The summed E-state index contributed by atoms with van der Waals surface area (Å²) in [5.41, 5.74) is 12.8. The largest absolute Gasteiger partial charge is 0.364 e. The molecule has 5 N–H and O–H groups in total. The number of benzene rings is 1. The van der Waals surface area contributed by atoms with Crippen molar-refractivity contribution in [3.05, 3.63) is 70.3 Å². The van der Waals surface area contributed by atoms with Gasteiger partial charge in [0.1, 0.15) is 23.1 Å². The monoisotopic (exact) mass is 426 g/mol. The minimum Gasteiger partial charge on any atom is -0.364 e. The maximum Gasteiger partial charge on any atom is 0.267 e. The molecule has 31 heavy (non-hydrogen) atoms. The molecule has 2 heterocycles. The highest BCUT2D eigenvalue weighted by atomic mass is 19.1. The number of pyridine rings is 1. The number of rotatable bonds is 8. The summed E-state index contributed by atoms with van der Waals surface area (Å²) in [6.45, 7) is 3.70. The summed E-state index contributed by atoms with van der Waals surface area (Å²) in [4.78, 5) is 28.8. The third-order valence-corrected chi connectivity index (χ3v) is 4.61. The van der Waals surface area contributed by atoms with Crippen LogP contribution in [0.1, 0.15) is 45.6 Å². The lowest BCUT2D eigenvalue weighted by molar-refractivity contribution is 0.0963. The Labute approximate surface area is 177 Å². The summed E-state index contributed by atoms with van der Waals surface area (Å²) in [5, 5.41) is 7.05. The lowest BCUT2D eigenvalue weighted by Crippen LogP contribution is -2.38. The summed E-state index contributed by atoms with van der Waals surface area (Å²) in [6.07, 6.45) is 1.19. The van der Waals surface area contributed by atoms with Crippen molar-refractivity contribution in [1.82, 2.24) is 26.3 Å². The van der Waals surface area contributed by atoms with Gasteiger partial charge in [-0.3, -0.25) is 9.59 Å². The van der Waals surface area contributed by atoms with E-state index in [4.69, 9.17) is 10.3 Å². The number of allylic oxidation sites excluding steroid dienone is 1. The van der Waals surface area contributed by atoms with Crippen LogP contribution in [-0.4, -0.2) is 29.0 Å². The molecule has 162 valence electrons. The van der Waals surface area contributed by atoms with Crippen molar-refractivity contribution in [3.8, 4) is 0 Å². The van der Waals surface area contributed by atoms with E-state index < -0.39 is 17.6 Å². The van der Waals surface area contributed by atoms with Crippen molar-refractivity contribution >= 4 is 22.7 Å². The highest BCUT2D eigenvalue weighted by Gasteiger charge is 2.18. The van der Waals surface area contributed by atoms with Crippen molar-refractivity contribution in [2.45, 2.75) is 26.7 Å². The second-order valence-corrected chi connectivity index (χ2v) is 7.00. The number of carbonyl (C=O) groups is 2. The standard InChI is InChI=1S/C21H23FN6O3/c1-11(4-6-14-8-12(2)28-31-14)20(27-24-3)26-21(30)16-10-18(19(23)29)25-17-9-13(22)5-7-15(16)17/h5,7-10,24,27H,4,6H2,1-3H3,(H2,23,29)(H,26,30)/b20-11-. The Morgan fingerprint density at radius 2 is 2.00 bits per heavy atom. The molecular weight excluding hydrogens is 403 g/mol. The Morgan fingerprint density at radius 3 is 2.65 bits per heavy atom. The van der Waals surface area contributed by atoms with Crippen LogP contribution in [0.3, 0.4) is 0 Å². The van der Waals surface area contributed by atoms with E-state index in [2.05, 4.69) is 26.3 Å². The molecular formula is C21H23FN6O3. The van der Waals surface area contributed by atoms with E-state index >= 15 is 0 Å². The highest BCUT2D eigenvalue weighted by molar-refractivity contribution is 6.08. The van der Waals surface area contributed by atoms with E-state index in [1.54, 1.807) is 7.05 Å². The number of aromatic nitrogens is 2. The first-order valence-corrected chi connectivity index (χ1v) is 9.54. The number of aryl methyl sites for hydroxylation is 2. The number of carbonyl (C=O) groups excluding carboxylic acids is 2. The third-order valence-electron chi connectivity index (χ3n) is 4.61. The van der Waals surface area contributed by atoms with E-state index in [0.29, 0.717) is 24.0 Å². The first-order valence-electron chi connectivity index (χ1n) is 9.54. The predicted molar refractivity (Wildman–Crippen MR) is 112 cm³/mol. The smallest absolute Gasteiger partial charge is 0.267 e. The summed E-state index contributed by atoms with van der Waals surface area (Å²) < 4.78 is 18.9. The Balaban J connectivity index is 1.91. The number of nitrogens with two attached hydrogens (primary N) is 1. The van der Waals surface area contributed by atoms with Gasteiger partial charge in [0.25, 0.3) is 11.8 Å². The fraction of sp³-hybridized carbons (Fsp3) is 0.238. The number of primary amides is 1. The number of hydrogen-bond acceptors (Lipinski definition) is 7. The zero-order valence-corrected chi connectivity index (χ0v) is 17.4. The van der Waals surface area contributed by atoms with Crippen LogP contribution in [0.25, 0.3) is 10.9 Å². The third kappa shape index (κ3) is 5.23. The van der Waals surface area contributed by atoms with Crippen LogP contribution in [-0.2, 0) is 6.42 Å². The normalized spacial score (nSPS) is 11.9. The molecule has 0 aliphatic carbocycles. The average Bonchev–Trinajstić information content (AvgIpc) is 3.15. The molecule has 0 aliphatic heterocycles. The molecule has 0 atom stereocenters. The maximum atomic E-state index is 13.7. The number of amides is 2. The van der Waals surface area contributed by atoms with Crippen LogP contribution >= 0.6 is 0 Å². The van der Waals surface area contributed by atoms with Gasteiger partial charge in [-0.15, -0.1) is 0 Å². The molecule has 0 aliphatic rings. The first kappa shape index (κ1) is 21.9. The Morgan fingerprint density at radius 1 is 1.23 bits per heavy atom. The van der Waals surface area contributed by atoms with Gasteiger partial charge in [0.05, 0.1) is 16.8 Å². The SMILES string of the molecule is CNN/C(NC(=O)c1cc(C(N)=O)nc2cc(F)ccc12)=C(/C)CCc1cc(C)no1.